The van der Waals surface area contributed by atoms with Crippen LogP contribution < -0.4 is 5.73 Å². The van der Waals surface area contributed by atoms with Crippen molar-refractivity contribution in [3.05, 3.63) is 65.2 Å². The van der Waals surface area contributed by atoms with Crippen molar-refractivity contribution in [1.29, 1.82) is 0 Å². The van der Waals surface area contributed by atoms with Gasteiger partial charge in [0.25, 0.3) is 0 Å². The molecule has 6 heteroatoms. The van der Waals surface area contributed by atoms with Crippen LogP contribution >= 0.6 is 0 Å². The van der Waals surface area contributed by atoms with Crippen LogP contribution in [-0.4, -0.2) is 31.3 Å². The van der Waals surface area contributed by atoms with Gasteiger partial charge < -0.3 is 10.8 Å². The van der Waals surface area contributed by atoms with Crippen LogP contribution in [0.25, 0.3) is 0 Å². The highest BCUT2D eigenvalue weighted by Crippen LogP contribution is 2.63. The van der Waals surface area contributed by atoms with Crippen LogP contribution in [0.2, 0.25) is 0 Å². The monoisotopic (exact) mass is 373 g/mol. The summed E-state index contributed by atoms with van der Waals surface area (Å²) in [5.74, 6) is -1.81. The van der Waals surface area contributed by atoms with E-state index in [9.17, 15) is 18.3 Å². The Morgan fingerprint density at radius 2 is 1.69 bits per heavy atom. The summed E-state index contributed by atoms with van der Waals surface area (Å²) in [6.07, 6.45) is 0.858. The van der Waals surface area contributed by atoms with E-state index in [0.717, 1.165) is 17.5 Å². The number of carboxylic acid groups (broad SMARTS) is 1. The predicted molar refractivity (Wildman–Crippen MR) is 99.8 cm³/mol. The number of sulfone groups is 1. The van der Waals surface area contributed by atoms with Crippen molar-refractivity contribution in [2.24, 2.45) is 11.1 Å². The fraction of sp³-hybridized carbons (Fsp3) is 0.350. The smallest absolute Gasteiger partial charge is 0.312 e. The second kappa shape index (κ2) is 6.52. The van der Waals surface area contributed by atoms with Crippen molar-refractivity contribution < 1.29 is 18.3 Å². The molecule has 1 aliphatic carbocycles. The first-order valence-electron chi connectivity index (χ1n) is 8.62. The first-order valence-corrected chi connectivity index (χ1v) is 10.2. The molecule has 0 aliphatic heterocycles. The maximum atomic E-state index is 13.2. The number of hydrogen-bond acceptors (Lipinski definition) is 4. The Morgan fingerprint density at radius 3 is 2.15 bits per heavy atom. The molecule has 3 N–H and O–H groups in total. The van der Waals surface area contributed by atoms with Crippen LogP contribution in [0.4, 0.5) is 0 Å². The first kappa shape index (κ1) is 18.6. The lowest BCUT2D eigenvalue weighted by molar-refractivity contribution is -0.143. The molecule has 0 unspecified atom stereocenters. The molecule has 3 atom stereocenters. The summed E-state index contributed by atoms with van der Waals surface area (Å²) in [6.45, 7) is 3.67. The van der Waals surface area contributed by atoms with Crippen LogP contribution in [0.15, 0.2) is 53.4 Å². The number of aryl methyl sites for hydroxylation is 2. The maximum Gasteiger partial charge on any atom is 0.312 e. The Bertz CT molecular complexity index is 919. The van der Waals surface area contributed by atoms with Crippen molar-refractivity contribution in [1.82, 2.24) is 0 Å². The van der Waals surface area contributed by atoms with E-state index in [2.05, 4.69) is 0 Å². The number of hydrogen-bond donors (Lipinski definition) is 2. The van der Waals surface area contributed by atoms with E-state index in [4.69, 9.17) is 5.73 Å². The molecular formula is C20H23NO4S. The average Bonchev–Trinajstić information content (AvgIpc) is 3.34. The maximum absolute atomic E-state index is 13.2. The Labute approximate surface area is 153 Å². The molecule has 0 bridgehead atoms. The van der Waals surface area contributed by atoms with Gasteiger partial charge in [-0.25, -0.2) is 8.42 Å². The molecule has 1 aliphatic rings. The SMILES string of the molecule is CCc1ccc([C@@H]2[C@H](S(=O)(=O)c3ccc(C)cc3)[C@]2(CN)C(=O)O)cc1. The van der Waals surface area contributed by atoms with E-state index in [-0.39, 0.29) is 11.4 Å². The molecule has 0 amide bonds. The third-order valence-corrected chi connectivity index (χ3v) is 7.71. The highest BCUT2D eigenvalue weighted by molar-refractivity contribution is 7.92. The van der Waals surface area contributed by atoms with E-state index in [1.54, 1.807) is 12.1 Å². The minimum atomic E-state index is -3.82. The van der Waals surface area contributed by atoms with Gasteiger partial charge in [-0.05, 0) is 36.6 Å². The number of nitrogens with two attached hydrogens (primary N) is 1. The van der Waals surface area contributed by atoms with Crippen molar-refractivity contribution in [3.63, 3.8) is 0 Å². The van der Waals surface area contributed by atoms with Gasteiger partial charge in [0.1, 0.15) is 5.41 Å². The number of benzene rings is 2. The molecule has 0 spiro atoms. The third kappa shape index (κ3) is 2.73. The number of rotatable bonds is 6. The molecule has 3 rings (SSSR count). The predicted octanol–water partition coefficient (Wildman–Crippen LogP) is 2.53. The molecule has 0 aromatic heterocycles. The van der Waals surface area contributed by atoms with Crippen molar-refractivity contribution in [2.45, 2.75) is 36.3 Å². The summed E-state index contributed by atoms with van der Waals surface area (Å²) in [4.78, 5) is 12.2. The highest BCUT2D eigenvalue weighted by Gasteiger charge is 2.75. The normalized spacial score (nSPS) is 25.0. The van der Waals surface area contributed by atoms with E-state index in [0.29, 0.717) is 5.56 Å². The molecule has 138 valence electrons. The minimum Gasteiger partial charge on any atom is -0.481 e. The molecule has 0 heterocycles. The molecule has 1 fully saturated rings. The van der Waals surface area contributed by atoms with E-state index in [1.165, 1.54) is 12.1 Å². The molecule has 5 nitrogen and oxygen atoms in total. The topological polar surface area (TPSA) is 97.5 Å². The van der Waals surface area contributed by atoms with E-state index >= 15 is 0 Å². The molecule has 2 aromatic carbocycles. The summed E-state index contributed by atoms with van der Waals surface area (Å²) in [5.41, 5.74) is 7.06. The van der Waals surface area contributed by atoms with E-state index in [1.807, 2.05) is 38.1 Å². The van der Waals surface area contributed by atoms with Gasteiger partial charge in [-0.15, -0.1) is 0 Å². The molecule has 0 radical (unpaired) electrons. The minimum absolute atomic E-state index is 0.139. The zero-order valence-electron chi connectivity index (χ0n) is 14.8. The Balaban J connectivity index is 2.08. The summed E-state index contributed by atoms with van der Waals surface area (Å²) >= 11 is 0. The number of carbonyl (C=O) groups is 1. The molecule has 0 saturated heterocycles. The molecular weight excluding hydrogens is 350 g/mol. The van der Waals surface area contributed by atoms with Crippen LogP contribution in [-0.2, 0) is 21.1 Å². The van der Waals surface area contributed by atoms with Crippen LogP contribution in [0.1, 0.15) is 29.5 Å². The van der Waals surface area contributed by atoms with Gasteiger partial charge in [0, 0.05) is 12.5 Å². The van der Waals surface area contributed by atoms with Gasteiger partial charge in [-0.2, -0.15) is 0 Å². The molecule has 26 heavy (non-hydrogen) atoms. The van der Waals surface area contributed by atoms with Gasteiger partial charge in [0.05, 0.1) is 10.1 Å². The highest BCUT2D eigenvalue weighted by atomic mass is 32.2. The fourth-order valence-corrected chi connectivity index (χ4v) is 6.14. The fourth-order valence-electron chi connectivity index (χ4n) is 3.75. The van der Waals surface area contributed by atoms with Gasteiger partial charge in [-0.3, -0.25) is 4.79 Å². The second-order valence-corrected chi connectivity index (χ2v) is 8.97. The second-order valence-electron chi connectivity index (χ2n) is 6.90. The summed E-state index contributed by atoms with van der Waals surface area (Å²) in [5, 5.41) is 8.75. The van der Waals surface area contributed by atoms with Gasteiger partial charge in [0.2, 0.25) is 0 Å². The number of aliphatic carboxylic acids is 1. The zero-order valence-corrected chi connectivity index (χ0v) is 15.7. The van der Waals surface area contributed by atoms with Crippen molar-refractivity contribution >= 4 is 15.8 Å². The van der Waals surface area contributed by atoms with Crippen LogP contribution in [0.5, 0.6) is 0 Å². The van der Waals surface area contributed by atoms with Gasteiger partial charge in [-0.1, -0.05) is 48.9 Å². The molecule has 1 saturated carbocycles. The Kier molecular flexibility index (Phi) is 4.67. The van der Waals surface area contributed by atoms with E-state index < -0.39 is 32.4 Å². The van der Waals surface area contributed by atoms with Gasteiger partial charge in [0.15, 0.2) is 9.84 Å². The Hall–Kier alpha value is -2.18. The zero-order chi connectivity index (χ0) is 19.1. The lowest BCUT2D eigenvalue weighted by Gasteiger charge is -2.10. The standard InChI is InChI=1S/C20H23NO4S/c1-3-14-6-8-15(9-7-14)17-18(20(17,12-21)19(22)23)26(24,25)16-10-4-13(2)5-11-16/h4-11,17-18H,3,12,21H2,1-2H3,(H,22,23)/t17-,18+,20-/m1/s1. The quantitative estimate of drug-likeness (QED) is 0.811. The summed E-state index contributed by atoms with van der Waals surface area (Å²) in [6, 6.07) is 13.9. The lowest BCUT2D eigenvalue weighted by Crippen LogP contribution is -2.31. The summed E-state index contributed by atoms with van der Waals surface area (Å²) in [7, 11) is -3.82. The van der Waals surface area contributed by atoms with Crippen molar-refractivity contribution in [2.75, 3.05) is 6.54 Å². The summed E-state index contributed by atoms with van der Waals surface area (Å²) < 4.78 is 26.3. The largest absolute Gasteiger partial charge is 0.481 e. The number of carboxylic acids is 1. The van der Waals surface area contributed by atoms with Gasteiger partial charge >= 0.3 is 5.97 Å². The van der Waals surface area contributed by atoms with Crippen molar-refractivity contribution in [3.8, 4) is 0 Å². The Morgan fingerprint density at radius 1 is 1.12 bits per heavy atom. The molecule has 2 aromatic rings. The lowest BCUT2D eigenvalue weighted by atomic mass is 9.98. The van der Waals surface area contributed by atoms with Crippen LogP contribution in [0, 0.1) is 12.3 Å². The first-order chi connectivity index (χ1) is 12.3. The van der Waals surface area contributed by atoms with Crippen LogP contribution in [0.3, 0.4) is 0 Å². The average molecular weight is 373 g/mol. The third-order valence-electron chi connectivity index (χ3n) is 5.42.